The number of carbonyl (C=O) groups is 1. The maximum Gasteiger partial charge on any atom is 0.323 e. The van der Waals surface area contributed by atoms with E-state index in [4.69, 9.17) is 15.2 Å². The minimum atomic E-state index is -0.630. The number of nitrogens with two attached hydrogens (primary N) is 1. The Balaban J connectivity index is 2.86. The van der Waals surface area contributed by atoms with Crippen molar-refractivity contribution >= 4 is 5.97 Å². The van der Waals surface area contributed by atoms with Gasteiger partial charge in [0.25, 0.3) is 0 Å². The van der Waals surface area contributed by atoms with E-state index in [0.29, 0.717) is 19.6 Å². The molecule has 5 nitrogen and oxygen atoms in total. The van der Waals surface area contributed by atoms with Crippen molar-refractivity contribution in [1.29, 1.82) is 0 Å². The zero-order chi connectivity index (χ0) is 15.8. The van der Waals surface area contributed by atoms with E-state index < -0.39 is 6.04 Å². The molecule has 1 aromatic carbocycles. The highest BCUT2D eigenvalue weighted by atomic mass is 16.5. The molecule has 5 heteroatoms. The topological polar surface area (TPSA) is 64.8 Å². The van der Waals surface area contributed by atoms with Crippen LogP contribution in [0.3, 0.4) is 0 Å². The predicted octanol–water partition coefficient (Wildman–Crippen LogP) is 1.58. The molecule has 0 aliphatic heterocycles. The zero-order valence-corrected chi connectivity index (χ0v) is 13.4. The monoisotopic (exact) mass is 294 g/mol. The van der Waals surface area contributed by atoms with E-state index in [0.717, 1.165) is 23.4 Å². The number of rotatable bonds is 8. The number of carbonyl (C=O) groups excluding carboxylic acids is 1. The predicted molar refractivity (Wildman–Crippen MR) is 83.3 cm³/mol. The average molecular weight is 294 g/mol. The summed E-state index contributed by atoms with van der Waals surface area (Å²) in [4.78, 5) is 13.7. The van der Waals surface area contributed by atoms with Crippen LogP contribution in [0.1, 0.15) is 25.0 Å². The Kier molecular flexibility index (Phi) is 7.19. The first-order chi connectivity index (χ1) is 9.97. The fourth-order valence-corrected chi connectivity index (χ4v) is 2.11. The lowest BCUT2D eigenvalue weighted by atomic mass is 10.0. The zero-order valence-electron chi connectivity index (χ0n) is 13.4. The Morgan fingerprint density at radius 1 is 1.29 bits per heavy atom. The van der Waals surface area contributed by atoms with Gasteiger partial charge >= 0.3 is 5.97 Å². The third-order valence-electron chi connectivity index (χ3n) is 2.96. The Labute approximate surface area is 127 Å². The lowest BCUT2D eigenvalue weighted by Gasteiger charge is -2.17. The van der Waals surface area contributed by atoms with Crippen molar-refractivity contribution in [2.24, 2.45) is 5.73 Å². The van der Waals surface area contributed by atoms with Crippen LogP contribution in [0.15, 0.2) is 18.2 Å². The summed E-state index contributed by atoms with van der Waals surface area (Å²) in [5.41, 5.74) is 7.97. The minimum Gasteiger partial charge on any atom is -0.494 e. The van der Waals surface area contributed by atoms with Crippen LogP contribution in [-0.4, -0.2) is 44.2 Å². The molecule has 0 radical (unpaired) electrons. The fraction of sp³-hybridized carbons (Fsp3) is 0.562. The summed E-state index contributed by atoms with van der Waals surface area (Å²) in [6.45, 7) is 5.49. The van der Waals surface area contributed by atoms with Gasteiger partial charge in [0, 0.05) is 12.1 Å². The first-order valence-corrected chi connectivity index (χ1v) is 7.29. The lowest BCUT2D eigenvalue weighted by Crippen LogP contribution is -2.34. The standard InChI is InChI=1S/C16H26N2O3/c1-5-20-15-8-7-12(9-13(15)11-18(3)4)10-14(17)16(19)21-6-2/h7-9,14H,5-6,10-11,17H2,1-4H3. The smallest absolute Gasteiger partial charge is 0.323 e. The van der Waals surface area contributed by atoms with Crippen molar-refractivity contribution in [3.05, 3.63) is 29.3 Å². The van der Waals surface area contributed by atoms with Crippen LogP contribution in [0, 0.1) is 0 Å². The molecule has 118 valence electrons. The Hall–Kier alpha value is -1.59. The van der Waals surface area contributed by atoms with E-state index >= 15 is 0 Å². The Morgan fingerprint density at radius 2 is 2.00 bits per heavy atom. The van der Waals surface area contributed by atoms with E-state index in [1.165, 1.54) is 0 Å². The number of nitrogens with zero attached hydrogens (tertiary/aromatic N) is 1. The van der Waals surface area contributed by atoms with Gasteiger partial charge in [0.05, 0.1) is 13.2 Å². The Morgan fingerprint density at radius 3 is 2.57 bits per heavy atom. The van der Waals surface area contributed by atoms with Crippen LogP contribution in [0.2, 0.25) is 0 Å². The highest BCUT2D eigenvalue weighted by Crippen LogP contribution is 2.22. The van der Waals surface area contributed by atoms with Gasteiger partial charge in [-0.05, 0) is 46.0 Å². The Bertz CT molecular complexity index is 461. The molecule has 0 spiro atoms. The largest absolute Gasteiger partial charge is 0.494 e. The molecular formula is C16H26N2O3. The van der Waals surface area contributed by atoms with Gasteiger partial charge in [-0.1, -0.05) is 12.1 Å². The first kappa shape index (κ1) is 17.5. The molecule has 0 fully saturated rings. The summed E-state index contributed by atoms with van der Waals surface area (Å²) in [5, 5.41) is 0. The SMILES string of the molecule is CCOC(=O)C(N)Cc1ccc(OCC)c(CN(C)C)c1. The van der Waals surface area contributed by atoms with Gasteiger partial charge in [0.2, 0.25) is 0 Å². The van der Waals surface area contributed by atoms with Crippen LogP contribution >= 0.6 is 0 Å². The number of esters is 1. The summed E-state index contributed by atoms with van der Waals surface area (Å²) >= 11 is 0. The molecule has 0 aliphatic rings. The normalized spacial score (nSPS) is 12.3. The maximum atomic E-state index is 11.6. The second-order valence-corrected chi connectivity index (χ2v) is 5.18. The van der Waals surface area contributed by atoms with E-state index in [1.807, 2.05) is 39.2 Å². The molecule has 1 rings (SSSR count). The van der Waals surface area contributed by atoms with E-state index in [2.05, 4.69) is 4.90 Å². The highest BCUT2D eigenvalue weighted by molar-refractivity contribution is 5.75. The van der Waals surface area contributed by atoms with Gasteiger partial charge < -0.3 is 20.1 Å². The van der Waals surface area contributed by atoms with Gasteiger partial charge in [-0.2, -0.15) is 0 Å². The van der Waals surface area contributed by atoms with Gasteiger partial charge in [-0.3, -0.25) is 4.79 Å². The average Bonchev–Trinajstić information content (AvgIpc) is 2.41. The fourth-order valence-electron chi connectivity index (χ4n) is 2.11. The molecule has 0 saturated heterocycles. The highest BCUT2D eigenvalue weighted by Gasteiger charge is 2.16. The molecule has 0 amide bonds. The van der Waals surface area contributed by atoms with Gasteiger partial charge in [-0.25, -0.2) is 0 Å². The third-order valence-corrected chi connectivity index (χ3v) is 2.96. The van der Waals surface area contributed by atoms with E-state index in [9.17, 15) is 4.79 Å². The maximum absolute atomic E-state index is 11.6. The van der Waals surface area contributed by atoms with Crippen LogP contribution < -0.4 is 10.5 Å². The van der Waals surface area contributed by atoms with Crippen molar-refractivity contribution < 1.29 is 14.3 Å². The summed E-state index contributed by atoms with van der Waals surface area (Å²) in [7, 11) is 4.01. The molecular weight excluding hydrogens is 268 g/mol. The van der Waals surface area contributed by atoms with E-state index in [-0.39, 0.29) is 5.97 Å². The molecule has 21 heavy (non-hydrogen) atoms. The molecule has 1 atom stereocenters. The van der Waals surface area contributed by atoms with Crippen molar-refractivity contribution in [1.82, 2.24) is 4.90 Å². The van der Waals surface area contributed by atoms with Gasteiger partial charge in [-0.15, -0.1) is 0 Å². The molecule has 2 N–H and O–H groups in total. The van der Waals surface area contributed by atoms with Crippen LogP contribution in [0.5, 0.6) is 5.75 Å². The van der Waals surface area contributed by atoms with Crippen LogP contribution in [-0.2, 0) is 22.5 Å². The molecule has 0 bridgehead atoms. The summed E-state index contributed by atoms with van der Waals surface area (Å²) < 4.78 is 10.6. The minimum absolute atomic E-state index is 0.349. The second-order valence-electron chi connectivity index (χ2n) is 5.18. The quantitative estimate of drug-likeness (QED) is 0.737. The van der Waals surface area contributed by atoms with Gasteiger partial charge in [0.1, 0.15) is 11.8 Å². The summed E-state index contributed by atoms with van der Waals surface area (Å²) in [6, 6.07) is 5.30. The number of hydrogen-bond acceptors (Lipinski definition) is 5. The van der Waals surface area contributed by atoms with Crippen molar-refractivity contribution in [2.75, 3.05) is 27.3 Å². The molecule has 0 heterocycles. The number of benzene rings is 1. The second kappa shape index (κ2) is 8.64. The molecule has 1 unspecified atom stereocenters. The molecule has 0 aliphatic carbocycles. The van der Waals surface area contributed by atoms with Crippen molar-refractivity contribution in [2.45, 2.75) is 32.9 Å². The number of hydrogen-bond donors (Lipinski definition) is 1. The van der Waals surface area contributed by atoms with Crippen molar-refractivity contribution in [3.8, 4) is 5.75 Å². The van der Waals surface area contributed by atoms with Crippen LogP contribution in [0.25, 0.3) is 0 Å². The lowest BCUT2D eigenvalue weighted by molar-refractivity contribution is -0.144. The number of ether oxygens (including phenoxy) is 2. The first-order valence-electron chi connectivity index (χ1n) is 7.29. The molecule has 0 aromatic heterocycles. The summed E-state index contributed by atoms with van der Waals surface area (Å²) in [6.07, 6.45) is 0.464. The molecule has 1 aromatic rings. The van der Waals surface area contributed by atoms with Gasteiger partial charge in [0.15, 0.2) is 0 Å². The third kappa shape index (κ3) is 5.73. The van der Waals surface area contributed by atoms with Crippen LogP contribution in [0.4, 0.5) is 0 Å². The molecule has 0 saturated carbocycles. The van der Waals surface area contributed by atoms with Crippen molar-refractivity contribution in [3.63, 3.8) is 0 Å². The van der Waals surface area contributed by atoms with E-state index in [1.54, 1.807) is 6.92 Å². The summed E-state index contributed by atoms with van der Waals surface area (Å²) in [5.74, 6) is 0.514.